The number of aryl methyl sites for hydroxylation is 2. The number of ether oxygens (including phenoxy) is 1. The summed E-state index contributed by atoms with van der Waals surface area (Å²) in [5.74, 6) is 1.32. The summed E-state index contributed by atoms with van der Waals surface area (Å²) in [6.45, 7) is 6.39. The molecule has 0 unspecified atom stereocenters. The molecule has 1 spiro atoms. The molecule has 0 radical (unpaired) electrons. The number of hydrogen-bond acceptors (Lipinski definition) is 3. The van der Waals surface area contributed by atoms with Gasteiger partial charge in [0.1, 0.15) is 5.82 Å². The average molecular weight is 291 g/mol. The molecule has 0 aromatic carbocycles. The molecular formula is C16H25N3O2. The maximum absolute atomic E-state index is 12.4. The first-order valence-electron chi connectivity index (χ1n) is 8.02. The van der Waals surface area contributed by atoms with Crippen molar-refractivity contribution in [2.45, 2.75) is 45.6 Å². The first-order chi connectivity index (χ1) is 10.2. The molecule has 2 saturated heterocycles. The van der Waals surface area contributed by atoms with Crippen molar-refractivity contribution in [3.63, 3.8) is 0 Å². The fourth-order valence-corrected chi connectivity index (χ4v) is 3.59. The lowest BCUT2D eigenvalue weighted by Crippen LogP contribution is -2.46. The van der Waals surface area contributed by atoms with Crippen molar-refractivity contribution in [2.75, 3.05) is 26.3 Å². The van der Waals surface area contributed by atoms with E-state index >= 15 is 0 Å². The minimum absolute atomic E-state index is 0.259. The van der Waals surface area contributed by atoms with Gasteiger partial charge < -0.3 is 14.2 Å². The highest BCUT2D eigenvalue weighted by Gasteiger charge is 2.39. The summed E-state index contributed by atoms with van der Waals surface area (Å²) < 4.78 is 7.67. The maximum Gasteiger partial charge on any atom is 0.222 e. The number of rotatable bonds is 4. The van der Waals surface area contributed by atoms with E-state index < -0.39 is 0 Å². The number of aromatic nitrogens is 2. The molecule has 0 N–H and O–H groups in total. The van der Waals surface area contributed by atoms with E-state index in [4.69, 9.17) is 4.74 Å². The smallest absolute Gasteiger partial charge is 0.222 e. The van der Waals surface area contributed by atoms with Crippen LogP contribution in [0.15, 0.2) is 12.4 Å². The highest BCUT2D eigenvalue weighted by atomic mass is 16.5. The first kappa shape index (κ1) is 14.6. The number of carbonyl (C=O) groups is 1. The van der Waals surface area contributed by atoms with Crippen LogP contribution in [0.2, 0.25) is 0 Å². The van der Waals surface area contributed by atoms with Crippen LogP contribution in [0.4, 0.5) is 0 Å². The molecule has 1 aromatic heterocycles. The molecule has 5 nitrogen and oxygen atoms in total. The third-order valence-corrected chi connectivity index (χ3v) is 4.91. The van der Waals surface area contributed by atoms with Crippen molar-refractivity contribution in [1.82, 2.24) is 14.5 Å². The second-order valence-electron chi connectivity index (χ2n) is 6.49. The minimum Gasteiger partial charge on any atom is -0.381 e. The Kier molecular flexibility index (Phi) is 4.29. The molecule has 1 aromatic rings. The molecule has 0 aliphatic carbocycles. The van der Waals surface area contributed by atoms with Crippen molar-refractivity contribution in [1.29, 1.82) is 0 Å². The Morgan fingerprint density at radius 2 is 2.38 bits per heavy atom. The quantitative estimate of drug-likeness (QED) is 0.852. The molecule has 3 heterocycles. The van der Waals surface area contributed by atoms with Gasteiger partial charge in [0.25, 0.3) is 0 Å². The van der Waals surface area contributed by atoms with Gasteiger partial charge in [0.05, 0.1) is 6.61 Å². The molecule has 3 rings (SSSR count). The van der Waals surface area contributed by atoms with E-state index in [1.165, 1.54) is 6.42 Å². The van der Waals surface area contributed by atoms with E-state index in [1.807, 2.05) is 19.3 Å². The van der Waals surface area contributed by atoms with Crippen LogP contribution >= 0.6 is 0 Å². The number of likely N-dealkylation sites (tertiary alicyclic amines) is 1. The topological polar surface area (TPSA) is 47.4 Å². The first-order valence-corrected chi connectivity index (χ1v) is 8.02. The number of carbonyl (C=O) groups excluding carboxylic acids is 1. The van der Waals surface area contributed by atoms with E-state index in [9.17, 15) is 4.79 Å². The van der Waals surface area contributed by atoms with Crippen LogP contribution in [0, 0.1) is 12.3 Å². The summed E-state index contributed by atoms with van der Waals surface area (Å²) in [4.78, 5) is 18.7. The van der Waals surface area contributed by atoms with Crippen LogP contribution in [-0.4, -0.2) is 46.7 Å². The van der Waals surface area contributed by atoms with Crippen LogP contribution in [0.1, 0.15) is 37.9 Å². The predicted molar refractivity (Wildman–Crippen MR) is 79.9 cm³/mol. The Bertz CT molecular complexity index is 491. The normalized spacial score (nSPS) is 25.7. The second-order valence-corrected chi connectivity index (χ2v) is 6.49. The Morgan fingerprint density at radius 1 is 1.48 bits per heavy atom. The lowest BCUT2D eigenvalue weighted by Gasteiger charge is -2.39. The molecule has 0 bridgehead atoms. The Balaban J connectivity index is 1.47. The zero-order valence-corrected chi connectivity index (χ0v) is 12.9. The summed E-state index contributed by atoms with van der Waals surface area (Å²) in [5.41, 5.74) is 0.259. The molecular weight excluding hydrogens is 266 g/mol. The van der Waals surface area contributed by atoms with Gasteiger partial charge >= 0.3 is 0 Å². The summed E-state index contributed by atoms with van der Waals surface area (Å²) in [5, 5.41) is 0. The summed E-state index contributed by atoms with van der Waals surface area (Å²) in [6, 6.07) is 0. The molecule has 2 aliphatic heterocycles. The van der Waals surface area contributed by atoms with E-state index in [-0.39, 0.29) is 5.41 Å². The second kappa shape index (κ2) is 6.18. The van der Waals surface area contributed by atoms with Gasteiger partial charge in [-0.15, -0.1) is 0 Å². The molecule has 1 amide bonds. The van der Waals surface area contributed by atoms with Crippen LogP contribution in [0.5, 0.6) is 0 Å². The van der Waals surface area contributed by atoms with Crippen LogP contribution in [0.25, 0.3) is 0 Å². The van der Waals surface area contributed by atoms with E-state index in [2.05, 4.69) is 14.5 Å². The SMILES string of the molecule is Cc1nccn1CCCC(=O)N1CCC[C@@]2(CCOC2)C1. The highest BCUT2D eigenvalue weighted by molar-refractivity contribution is 5.76. The van der Waals surface area contributed by atoms with Crippen molar-refractivity contribution >= 4 is 5.91 Å². The Morgan fingerprint density at radius 3 is 3.10 bits per heavy atom. The van der Waals surface area contributed by atoms with Gasteiger partial charge in [-0.05, 0) is 32.6 Å². The van der Waals surface area contributed by atoms with E-state index in [0.717, 1.165) is 57.9 Å². The zero-order chi connectivity index (χ0) is 14.7. The maximum atomic E-state index is 12.4. The van der Waals surface area contributed by atoms with Gasteiger partial charge in [0.2, 0.25) is 5.91 Å². The molecule has 1 atom stereocenters. The molecule has 0 saturated carbocycles. The van der Waals surface area contributed by atoms with E-state index in [0.29, 0.717) is 12.3 Å². The number of amides is 1. The van der Waals surface area contributed by atoms with Crippen molar-refractivity contribution in [3.05, 3.63) is 18.2 Å². The minimum atomic E-state index is 0.259. The zero-order valence-electron chi connectivity index (χ0n) is 12.9. The molecule has 21 heavy (non-hydrogen) atoms. The molecule has 5 heteroatoms. The van der Waals surface area contributed by atoms with E-state index in [1.54, 1.807) is 0 Å². The van der Waals surface area contributed by atoms with Crippen LogP contribution in [-0.2, 0) is 16.1 Å². The molecule has 2 aliphatic rings. The van der Waals surface area contributed by atoms with Crippen molar-refractivity contribution in [2.24, 2.45) is 5.41 Å². The number of imidazole rings is 1. The van der Waals surface area contributed by atoms with Gasteiger partial charge in [-0.25, -0.2) is 4.98 Å². The van der Waals surface area contributed by atoms with Crippen LogP contribution < -0.4 is 0 Å². The largest absolute Gasteiger partial charge is 0.381 e. The molecule has 2 fully saturated rings. The standard InChI is InChI=1S/C16H25N3O2/c1-14-17-7-10-18(14)8-2-4-15(20)19-9-3-5-16(12-19)6-11-21-13-16/h7,10H,2-6,8-9,11-13H2,1H3/t16-/m1/s1. The number of piperidine rings is 1. The Hall–Kier alpha value is -1.36. The Labute approximate surface area is 126 Å². The van der Waals surface area contributed by atoms with Crippen molar-refractivity contribution < 1.29 is 9.53 Å². The molecule has 116 valence electrons. The van der Waals surface area contributed by atoms with Gasteiger partial charge in [0.15, 0.2) is 0 Å². The fourth-order valence-electron chi connectivity index (χ4n) is 3.59. The summed E-state index contributed by atoms with van der Waals surface area (Å²) in [7, 11) is 0. The summed E-state index contributed by atoms with van der Waals surface area (Å²) >= 11 is 0. The third-order valence-electron chi connectivity index (χ3n) is 4.91. The fraction of sp³-hybridized carbons (Fsp3) is 0.750. The lowest BCUT2D eigenvalue weighted by atomic mass is 9.79. The predicted octanol–water partition coefficient (Wildman–Crippen LogP) is 2.00. The lowest BCUT2D eigenvalue weighted by molar-refractivity contribution is -0.134. The summed E-state index contributed by atoms with van der Waals surface area (Å²) in [6.07, 6.45) is 8.76. The monoisotopic (exact) mass is 291 g/mol. The van der Waals surface area contributed by atoms with Gasteiger partial charge in [0, 0.05) is 50.5 Å². The van der Waals surface area contributed by atoms with Crippen molar-refractivity contribution in [3.8, 4) is 0 Å². The van der Waals surface area contributed by atoms with Gasteiger partial charge in [-0.1, -0.05) is 0 Å². The van der Waals surface area contributed by atoms with Gasteiger partial charge in [-0.3, -0.25) is 4.79 Å². The van der Waals surface area contributed by atoms with Gasteiger partial charge in [-0.2, -0.15) is 0 Å². The average Bonchev–Trinajstić information content (AvgIpc) is 3.09. The number of nitrogens with zero attached hydrogens (tertiary/aromatic N) is 3. The number of hydrogen-bond donors (Lipinski definition) is 0. The van der Waals surface area contributed by atoms with Crippen LogP contribution in [0.3, 0.4) is 0 Å². The third kappa shape index (κ3) is 3.28. The highest BCUT2D eigenvalue weighted by Crippen LogP contribution is 2.37.